The Labute approximate surface area is 151 Å². The zero-order valence-corrected chi connectivity index (χ0v) is 16.2. The molecule has 0 saturated carbocycles. The van der Waals surface area contributed by atoms with Crippen LogP contribution in [0.3, 0.4) is 0 Å². The molecule has 1 unspecified atom stereocenters. The number of nitrogens with zero attached hydrogens (tertiary/aromatic N) is 1. The van der Waals surface area contributed by atoms with Gasteiger partial charge in [-0.3, -0.25) is 14.5 Å². The Balaban J connectivity index is 2.21. The van der Waals surface area contributed by atoms with Crippen molar-refractivity contribution in [1.29, 1.82) is 0 Å². The van der Waals surface area contributed by atoms with Gasteiger partial charge in [-0.15, -0.1) is 0 Å². The predicted molar refractivity (Wildman–Crippen MR) is 97.8 cm³/mol. The van der Waals surface area contributed by atoms with Crippen LogP contribution in [0, 0.1) is 0 Å². The summed E-state index contributed by atoms with van der Waals surface area (Å²) in [5.41, 5.74) is 0. The number of aliphatic hydroxyl groups excluding tert-OH is 1. The number of hydrogen-bond donors (Lipinski definition) is 1. The monoisotopic (exact) mass is 375 g/mol. The van der Waals surface area contributed by atoms with Crippen molar-refractivity contribution in [3.05, 3.63) is 0 Å². The number of imide groups is 1. The van der Waals surface area contributed by atoms with Crippen molar-refractivity contribution in [3.8, 4) is 0 Å². The van der Waals surface area contributed by atoms with Crippen LogP contribution in [0.2, 0.25) is 0 Å². The lowest BCUT2D eigenvalue weighted by Crippen LogP contribution is -2.37. The third kappa shape index (κ3) is 7.44. The van der Waals surface area contributed by atoms with Crippen molar-refractivity contribution < 1.29 is 23.1 Å². The summed E-state index contributed by atoms with van der Waals surface area (Å²) >= 11 is 0. The second kappa shape index (κ2) is 11.6. The maximum Gasteiger partial charge on any atom is 0.248 e. The lowest BCUT2D eigenvalue weighted by molar-refractivity contribution is -0.138. The minimum absolute atomic E-state index is 0.279. The number of carbonyl (C=O) groups excluding carboxylic acids is 2. The van der Waals surface area contributed by atoms with Gasteiger partial charge in [0, 0.05) is 6.54 Å². The lowest BCUT2D eigenvalue weighted by atomic mass is 10.1. The van der Waals surface area contributed by atoms with Gasteiger partial charge in [0.2, 0.25) is 11.8 Å². The van der Waals surface area contributed by atoms with Crippen LogP contribution in [0.15, 0.2) is 0 Å². The molecule has 146 valence electrons. The number of unbranched alkanes of at least 4 members (excludes halogenated alkanes) is 9. The molecule has 0 bridgehead atoms. The molecular formula is C18H33NO5S. The Morgan fingerprint density at radius 2 is 1.48 bits per heavy atom. The predicted octanol–water partition coefficient (Wildman–Crippen LogP) is 2.44. The molecular weight excluding hydrogens is 342 g/mol. The van der Waals surface area contributed by atoms with Gasteiger partial charge in [-0.2, -0.15) is 0 Å². The molecule has 2 amide bonds. The molecule has 0 spiro atoms. The molecule has 1 N–H and O–H groups in total. The summed E-state index contributed by atoms with van der Waals surface area (Å²) in [4.78, 5) is 25.2. The van der Waals surface area contributed by atoms with Crippen molar-refractivity contribution in [2.24, 2.45) is 0 Å². The zero-order chi connectivity index (χ0) is 18.7. The first-order valence-electron chi connectivity index (χ1n) is 9.60. The molecule has 1 atom stereocenters. The molecule has 0 radical (unpaired) electrons. The number of rotatable bonds is 14. The molecule has 0 aromatic rings. The first-order chi connectivity index (χ1) is 11.9. The second-order valence-corrected chi connectivity index (χ2v) is 9.15. The molecule has 1 aliphatic rings. The molecule has 0 aromatic carbocycles. The van der Waals surface area contributed by atoms with Gasteiger partial charge < -0.3 is 5.11 Å². The van der Waals surface area contributed by atoms with E-state index in [0.29, 0.717) is 6.54 Å². The third-order valence-corrected chi connectivity index (χ3v) is 6.73. The van der Waals surface area contributed by atoms with Crippen molar-refractivity contribution in [2.45, 2.75) is 82.8 Å². The molecule has 1 heterocycles. The molecule has 1 rings (SSSR count). The number of hydrogen-bond acceptors (Lipinski definition) is 5. The molecule has 25 heavy (non-hydrogen) atoms. The maximum absolute atomic E-state index is 12.2. The fourth-order valence-corrected chi connectivity index (χ4v) is 4.57. The lowest BCUT2D eigenvalue weighted by Gasteiger charge is -2.14. The van der Waals surface area contributed by atoms with Crippen LogP contribution in [0.25, 0.3) is 0 Å². The Morgan fingerprint density at radius 1 is 0.960 bits per heavy atom. The maximum atomic E-state index is 12.2. The quantitative estimate of drug-likeness (QED) is 0.372. The van der Waals surface area contributed by atoms with E-state index in [2.05, 4.69) is 6.92 Å². The molecule has 7 heteroatoms. The van der Waals surface area contributed by atoms with E-state index in [9.17, 15) is 18.0 Å². The smallest absolute Gasteiger partial charge is 0.248 e. The summed E-state index contributed by atoms with van der Waals surface area (Å²) in [5, 5.41) is 7.50. The highest BCUT2D eigenvalue weighted by molar-refractivity contribution is 7.92. The van der Waals surface area contributed by atoms with Gasteiger partial charge in [0.05, 0.1) is 18.8 Å². The highest BCUT2D eigenvalue weighted by atomic mass is 32.2. The van der Waals surface area contributed by atoms with E-state index in [1.165, 1.54) is 44.9 Å². The van der Waals surface area contributed by atoms with E-state index >= 15 is 0 Å². The van der Waals surface area contributed by atoms with E-state index in [1.807, 2.05) is 0 Å². The van der Waals surface area contributed by atoms with Crippen LogP contribution < -0.4 is 0 Å². The van der Waals surface area contributed by atoms with Crippen molar-refractivity contribution >= 4 is 21.7 Å². The van der Waals surface area contributed by atoms with E-state index in [1.54, 1.807) is 0 Å². The number of sulfone groups is 1. The summed E-state index contributed by atoms with van der Waals surface area (Å²) < 4.78 is 23.8. The first-order valence-corrected chi connectivity index (χ1v) is 11.3. The normalized spacial score (nSPS) is 18.3. The van der Waals surface area contributed by atoms with Gasteiger partial charge in [0.25, 0.3) is 0 Å². The van der Waals surface area contributed by atoms with Gasteiger partial charge in [-0.1, -0.05) is 64.7 Å². The Bertz CT molecular complexity index is 518. The Kier molecular flexibility index (Phi) is 10.3. The zero-order valence-electron chi connectivity index (χ0n) is 15.4. The van der Waals surface area contributed by atoms with Gasteiger partial charge >= 0.3 is 0 Å². The van der Waals surface area contributed by atoms with Gasteiger partial charge in [-0.25, -0.2) is 8.42 Å². The van der Waals surface area contributed by atoms with Gasteiger partial charge in [-0.05, 0) is 6.42 Å². The number of likely N-dealkylation sites (tertiary alicyclic amines) is 1. The van der Waals surface area contributed by atoms with Crippen LogP contribution in [-0.4, -0.2) is 54.4 Å². The largest absolute Gasteiger partial charge is 0.395 e. The molecule has 1 saturated heterocycles. The van der Waals surface area contributed by atoms with E-state index in [-0.39, 0.29) is 6.42 Å². The topological polar surface area (TPSA) is 91.8 Å². The Morgan fingerprint density at radius 3 is 2.00 bits per heavy atom. The van der Waals surface area contributed by atoms with E-state index in [0.717, 1.165) is 24.2 Å². The number of aliphatic hydroxyl groups is 1. The number of amides is 2. The molecule has 0 aromatic heterocycles. The van der Waals surface area contributed by atoms with Crippen LogP contribution in [0.1, 0.15) is 77.6 Å². The summed E-state index contributed by atoms with van der Waals surface area (Å²) in [6.07, 6.45) is 11.3. The molecule has 6 nitrogen and oxygen atoms in total. The van der Waals surface area contributed by atoms with Gasteiger partial charge in [0.15, 0.2) is 9.84 Å². The average molecular weight is 376 g/mol. The SMILES string of the molecule is CCCCCCCCCCCCN1C(=O)CC(S(=O)(=O)CCO)C1=O. The summed E-state index contributed by atoms with van der Waals surface area (Å²) in [6.45, 7) is 1.98. The average Bonchev–Trinajstić information content (AvgIpc) is 2.85. The first kappa shape index (κ1) is 22.1. The fraction of sp³-hybridized carbons (Fsp3) is 0.889. The van der Waals surface area contributed by atoms with Crippen LogP contribution in [0.5, 0.6) is 0 Å². The number of carbonyl (C=O) groups is 2. The molecule has 1 fully saturated rings. The van der Waals surface area contributed by atoms with Gasteiger partial charge in [0.1, 0.15) is 5.25 Å². The molecule has 0 aliphatic carbocycles. The third-order valence-electron chi connectivity index (χ3n) is 4.75. The van der Waals surface area contributed by atoms with Crippen LogP contribution in [-0.2, 0) is 19.4 Å². The summed E-state index contributed by atoms with van der Waals surface area (Å²) in [7, 11) is -3.74. The highest BCUT2D eigenvalue weighted by Gasteiger charge is 2.45. The van der Waals surface area contributed by atoms with E-state index < -0.39 is 39.3 Å². The van der Waals surface area contributed by atoms with E-state index in [4.69, 9.17) is 5.11 Å². The molecule has 1 aliphatic heterocycles. The fourth-order valence-electron chi connectivity index (χ4n) is 3.20. The summed E-state index contributed by atoms with van der Waals surface area (Å²) in [6, 6.07) is 0. The Hall–Kier alpha value is -0.950. The van der Waals surface area contributed by atoms with Crippen molar-refractivity contribution in [3.63, 3.8) is 0 Å². The summed E-state index contributed by atoms with van der Waals surface area (Å²) in [5.74, 6) is -1.50. The standard InChI is InChI=1S/C18H33NO5S/c1-2-3-4-5-6-7-8-9-10-11-12-19-17(21)15-16(18(19)22)25(23,24)14-13-20/h16,20H,2-15H2,1H3. The minimum atomic E-state index is -3.74. The van der Waals surface area contributed by atoms with Crippen molar-refractivity contribution in [1.82, 2.24) is 4.90 Å². The van der Waals surface area contributed by atoms with Crippen LogP contribution in [0.4, 0.5) is 0 Å². The highest BCUT2D eigenvalue weighted by Crippen LogP contribution is 2.21. The minimum Gasteiger partial charge on any atom is -0.395 e. The second-order valence-electron chi connectivity index (χ2n) is 6.85. The van der Waals surface area contributed by atoms with Crippen molar-refractivity contribution in [2.75, 3.05) is 18.9 Å². The van der Waals surface area contributed by atoms with Crippen LogP contribution >= 0.6 is 0 Å².